The lowest BCUT2D eigenvalue weighted by molar-refractivity contribution is -0.126. The molecule has 0 aromatic heterocycles. The van der Waals surface area contributed by atoms with E-state index in [9.17, 15) is 4.79 Å². The first-order valence-corrected chi connectivity index (χ1v) is 6.58. The fourth-order valence-corrected chi connectivity index (χ4v) is 3.55. The van der Waals surface area contributed by atoms with Gasteiger partial charge in [-0.2, -0.15) is 0 Å². The third kappa shape index (κ3) is 1.74. The van der Waals surface area contributed by atoms with Crippen LogP contribution in [0.4, 0.5) is 0 Å². The Morgan fingerprint density at radius 2 is 1.75 bits per heavy atom. The van der Waals surface area contributed by atoms with Crippen molar-refractivity contribution >= 4 is 5.78 Å². The first-order valence-electron chi connectivity index (χ1n) is 6.58. The summed E-state index contributed by atoms with van der Waals surface area (Å²) in [5.41, 5.74) is 1.52. The number of carbonyl (C=O) groups excluding carboxylic acids is 1. The molecule has 1 nitrogen and oxygen atoms in total. The van der Waals surface area contributed by atoms with Gasteiger partial charge in [0.1, 0.15) is 5.78 Å². The van der Waals surface area contributed by atoms with Crippen LogP contribution in [0.15, 0.2) is 12.2 Å². The molecule has 0 aromatic carbocycles. The van der Waals surface area contributed by atoms with E-state index in [-0.39, 0.29) is 5.41 Å². The number of hydrogen-bond acceptors (Lipinski definition) is 1. The van der Waals surface area contributed by atoms with Crippen molar-refractivity contribution in [2.45, 2.75) is 59.3 Å². The van der Waals surface area contributed by atoms with Crippen LogP contribution in [-0.2, 0) is 4.79 Å². The maximum absolute atomic E-state index is 12.1. The van der Waals surface area contributed by atoms with Crippen molar-refractivity contribution in [3.05, 3.63) is 12.2 Å². The molecular formula is C15H24O. The molecule has 0 radical (unpaired) electrons. The van der Waals surface area contributed by atoms with Crippen LogP contribution in [0.5, 0.6) is 0 Å². The Labute approximate surface area is 99.3 Å². The van der Waals surface area contributed by atoms with Gasteiger partial charge in [-0.3, -0.25) is 4.79 Å². The van der Waals surface area contributed by atoms with Gasteiger partial charge in [-0.1, -0.05) is 32.9 Å². The van der Waals surface area contributed by atoms with E-state index >= 15 is 0 Å². The quantitative estimate of drug-likeness (QED) is 0.561. The minimum atomic E-state index is -0.0955. The van der Waals surface area contributed by atoms with Crippen LogP contribution in [0.3, 0.4) is 0 Å². The lowest BCUT2D eigenvalue weighted by atomic mass is 9.62. The van der Waals surface area contributed by atoms with E-state index in [4.69, 9.17) is 0 Å². The monoisotopic (exact) mass is 220 g/mol. The zero-order valence-corrected chi connectivity index (χ0v) is 10.9. The van der Waals surface area contributed by atoms with Crippen molar-refractivity contribution in [3.8, 4) is 0 Å². The molecule has 2 saturated carbocycles. The molecule has 1 spiro atoms. The Morgan fingerprint density at radius 3 is 2.12 bits per heavy atom. The molecule has 2 fully saturated rings. The summed E-state index contributed by atoms with van der Waals surface area (Å²) in [6.45, 7) is 11.1. The molecule has 2 aliphatic carbocycles. The number of hydrogen-bond donors (Lipinski definition) is 0. The van der Waals surface area contributed by atoms with Gasteiger partial charge in [0.25, 0.3) is 0 Å². The lowest BCUT2D eigenvalue weighted by Gasteiger charge is -2.42. The normalized spacial score (nSPS) is 36.1. The summed E-state index contributed by atoms with van der Waals surface area (Å²) in [6.07, 6.45) is 6.22. The maximum atomic E-state index is 12.1. The molecule has 0 bridgehead atoms. The summed E-state index contributed by atoms with van der Waals surface area (Å²) in [5.74, 6) is 1.25. The molecule has 0 saturated heterocycles. The van der Waals surface area contributed by atoms with Gasteiger partial charge in [-0.05, 0) is 43.4 Å². The van der Waals surface area contributed by atoms with Crippen LogP contribution in [0, 0.1) is 16.7 Å². The second kappa shape index (κ2) is 3.72. The van der Waals surface area contributed by atoms with Crippen molar-refractivity contribution in [2.75, 3.05) is 0 Å². The predicted octanol–water partition coefficient (Wildman–Crippen LogP) is 4.13. The summed E-state index contributed by atoms with van der Waals surface area (Å²) in [5, 5.41) is 0. The lowest BCUT2D eigenvalue weighted by Crippen LogP contribution is -2.36. The van der Waals surface area contributed by atoms with Crippen molar-refractivity contribution in [3.63, 3.8) is 0 Å². The zero-order chi connectivity index (χ0) is 12.0. The average Bonchev–Trinajstić information content (AvgIpc) is 2.47. The molecule has 1 heteroatoms. The smallest absolute Gasteiger partial charge is 0.143 e. The minimum absolute atomic E-state index is 0.0955. The number of rotatable bonds is 0. The minimum Gasteiger partial charge on any atom is -0.299 e. The first kappa shape index (κ1) is 11.9. The Hall–Kier alpha value is -0.590. The molecule has 0 aromatic rings. The van der Waals surface area contributed by atoms with E-state index in [2.05, 4.69) is 27.4 Å². The molecule has 0 heterocycles. The van der Waals surface area contributed by atoms with E-state index in [1.54, 1.807) is 0 Å². The summed E-state index contributed by atoms with van der Waals surface area (Å²) < 4.78 is 0. The van der Waals surface area contributed by atoms with E-state index in [1.807, 2.05) is 0 Å². The van der Waals surface area contributed by atoms with Gasteiger partial charge in [0, 0.05) is 11.8 Å². The summed E-state index contributed by atoms with van der Waals surface area (Å²) in [7, 11) is 0. The Balaban J connectivity index is 2.10. The Kier molecular flexibility index (Phi) is 2.76. The third-order valence-corrected chi connectivity index (χ3v) is 4.93. The van der Waals surface area contributed by atoms with Crippen molar-refractivity contribution in [2.24, 2.45) is 16.7 Å². The van der Waals surface area contributed by atoms with E-state index in [0.717, 1.165) is 31.6 Å². The molecule has 90 valence electrons. The Bertz CT molecular complexity index is 293. The number of Topliss-reactive ketones (excluding diaryl/α,β-unsaturated/α-hetero) is 1. The van der Waals surface area contributed by atoms with Gasteiger partial charge < -0.3 is 0 Å². The summed E-state index contributed by atoms with van der Waals surface area (Å²) >= 11 is 0. The fraction of sp³-hybridized carbons (Fsp3) is 0.800. The van der Waals surface area contributed by atoms with Crippen molar-refractivity contribution in [1.29, 1.82) is 0 Å². The molecular weight excluding hydrogens is 196 g/mol. The standard InChI is InChI=1S/C15H24O/c1-11-5-6-13(16)15(11)9-7-12(8-10-15)14(2,3)4/h12H,1,5-10H2,2-4H3. The topological polar surface area (TPSA) is 17.1 Å². The zero-order valence-electron chi connectivity index (χ0n) is 10.9. The molecule has 0 N–H and O–H groups in total. The fourth-order valence-electron chi connectivity index (χ4n) is 3.55. The predicted molar refractivity (Wildman–Crippen MR) is 67.2 cm³/mol. The highest BCUT2D eigenvalue weighted by Gasteiger charge is 2.47. The maximum Gasteiger partial charge on any atom is 0.143 e. The van der Waals surface area contributed by atoms with Crippen LogP contribution in [0.1, 0.15) is 59.3 Å². The highest BCUT2D eigenvalue weighted by atomic mass is 16.1. The van der Waals surface area contributed by atoms with Crippen LogP contribution < -0.4 is 0 Å². The van der Waals surface area contributed by atoms with Crippen LogP contribution in [0.25, 0.3) is 0 Å². The number of carbonyl (C=O) groups is 1. The van der Waals surface area contributed by atoms with Crippen LogP contribution in [0.2, 0.25) is 0 Å². The van der Waals surface area contributed by atoms with E-state index < -0.39 is 0 Å². The largest absolute Gasteiger partial charge is 0.299 e. The third-order valence-electron chi connectivity index (χ3n) is 4.93. The van der Waals surface area contributed by atoms with Gasteiger partial charge in [-0.25, -0.2) is 0 Å². The van der Waals surface area contributed by atoms with Crippen molar-refractivity contribution in [1.82, 2.24) is 0 Å². The molecule has 0 unspecified atom stereocenters. The van der Waals surface area contributed by atoms with Crippen molar-refractivity contribution < 1.29 is 4.79 Å². The van der Waals surface area contributed by atoms with Crippen LogP contribution in [-0.4, -0.2) is 5.78 Å². The number of ketones is 1. The van der Waals surface area contributed by atoms with Gasteiger partial charge in [0.15, 0.2) is 0 Å². The highest BCUT2D eigenvalue weighted by Crippen LogP contribution is 2.53. The molecule has 2 aliphatic rings. The highest BCUT2D eigenvalue weighted by molar-refractivity contribution is 5.91. The summed E-state index contributed by atoms with van der Waals surface area (Å²) in [4.78, 5) is 12.1. The van der Waals surface area contributed by atoms with E-state index in [1.165, 1.54) is 18.4 Å². The number of allylic oxidation sites excluding steroid dienone is 1. The van der Waals surface area contributed by atoms with E-state index in [0.29, 0.717) is 11.2 Å². The average molecular weight is 220 g/mol. The van der Waals surface area contributed by atoms with Gasteiger partial charge >= 0.3 is 0 Å². The summed E-state index contributed by atoms with van der Waals surface area (Å²) in [6, 6.07) is 0. The molecule has 0 amide bonds. The molecule has 0 atom stereocenters. The SMILES string of the molecule is C=C1CCC(=O)C12CCC(C(C)(C)C)CC2. The van der Waals surface area contributed by atoms with Crippen LogP contribution >= 0.6 is 0 Å². The second-order valence-electron chi connectivity index (χ2n) is 6.75. The molecule has 0 aliphatic heterocycles. The molecule has 2 rings (SSSR count). The molecule has 16 heavy (non-hydrogen) atoms. The van der Waals surface area contributed by atoms with Gasteiger partial charge in [-0.15, -0.1) is 0 Å². The Morgan fingerprint density at radius 1 is 1.19 bits per heavy atom. The first-order chi connectivity index (χ1) is 7.36. The van der Waals surface area contributed by atoms with Gasteiger partial charge in [0.05, 0.1) is 0 Å². The second-order valence-corrected chi connectivity index (χ2v) is 6.75. The van der Waals surface area contributed by atoms with Gasteiger partial charge in [0.2, 0.25) is 0 Å².